The predicted molar refractivity (Wildman–Crippen MR) is 53.2 cm³/mol. The van der Waals surface area contributed by atoms with Gasteiger partial charge < -0.3 is 10.5 Å². The molecular formula is C10H23NO. The summed E-state index contributed by atoms with van der Waals surface area (Å²) in [4.78, 5) is 0. The number of rotatable bonds is 7. The molecule has 0 aliphatic heterocycles. The second-order valence-electron chi connectivity index (χ2n) is 3.59. The molecule has 2 unspecified atom stereocenters. The van der Waals surface area contributed by atoms with E-state index < -0.39 is 0 Å². The van der Waals surface area contributed by atoms with Gasteiger partial charge in [-0.2, -0.15) is 0 Å². The largest absolute Gasteiger partial charge is 0.379 e. The van der Waals surface area contributed by atoms with Gasteiger partial charge in [0.15, 0.2) is 0 Å². The zero-order valence-corrected chi connectivity index (χ0v) is 8.68. The van der Waals surface area contributed by atoms with Gasteiger partial charge in [-0.1, -0.05) is 13.3 Å². The molecule has 0 aliphatic carbocycles. The van der Waals surface area contributed by atoms with E-state index in [0.717, 1.165) is 25.9 Å². The minimum Gasteiger partial charge on any atom is -0.379 e. The number of hydrogen-bond acceptors (Lipinski definition) is 2. The quantitative estimate of drug-likeness (QED) is 0.600. The van der Waals surface area contributed by atoms with Crippen LogP contribution in [0.25, 0.3) is 0 Å². The Bertz CT molecular complexity index is 93.8. The Kier molecular flexibility index (Phi) is 7.51. The maximum absolute atomic E-state index is 5.61. The third kappa shape index (κ3) is 8.02. The molecule has 0 fully saturated rings. The van der Waals surface area contributed by atoms with Gasteiger partial charge in [0.05, 0.1) is 6.10 Å². The van der Waals surface area contributed by atoms with Crippen molar-refractivity contribution in [1.29, 1.82) is 0 Å². The van der Waals surface area contributed by atoms with Gasteiger partial charge in [0, 0.05) is 12.6 Å². The normalized spacial score (nSPS) is 16.0. The summed E-state index contributed by atoms with van der Waals surface area (Å²) in [5.74, 6) is 0. The molecule has 0 heterocycles. The molecule has 0 radical (unpaired) electrons. The molecular weight excluding hydrogens is 150 g/mol. The predicted octanol–water partition coefficient (Wildman–Crippen LogP) is 2.32. The van der Waals surface area contributed by atoms with E-state index in [2.05, 4.69) is 13.8 Å². The van der Waals surface area contributed by atoms with Gasteiger partial charge in [0.2, 0.25) is 0 Å². The third-order valence-corrected chi connectivity index (χ3v) is 1.90. The fraction of sp³-hybridized carbons (Fsp3) is 1.00. The van der Waals surface area contributed by atoms with E-state index >= 15 is 0 Å². The second kappa shape index (κ2) is 7.56. The van der Waals surface area contributed by atoms with Crippen molar-refractivity contribution in [1.82, 2.24) is 0 Å². The first-order valence-corrected chi connectivity index (χ1v) is 5.04. The highest BCUT2D eigenvalue weighted by Gasteiger charge is 2.00. The van der Waals surface area contributed by atoms with Crippen LogP contribution in [-0.4, -0.2) is 18.8 Å². The molecule has 12 heavy (non-hydrogen) atoms. The monoisotopic (exact) mass is 173 g/mol. The first-order valence-electron chi connectivity index (χ1n) is 5.04. The van der Waals surface area contributed by atoms with Gasteiger partial charge in [-0.25, -0.2) is 0 Å². The van der Waals surface area contributed by atoms with E-state index in [0.29, 0.717) is 12.1 Å². The maximum atomic E-state index is 5.61. The summed E-state index contributed by atoms with van der Waals surface area (Å²) >= 11 is 0. The molecule has 74 valence electrons. The molecule has 2 N–H and O–H groups in total. The van der Waals surface area contributed by atoms with Crippen LogP contribution in [0.5, 0.6) is 0 Å². The van der Waals surface area contributed by atoms with E-state index in [9.17, 15) is 0 Å². The Balaban J connectivity index is 3.08. The molecule has 0 aliphatic rings. The lowest BCUT2D eigenvalue weighted by Crippen LogP contribution is -2.16. The molecule has 2 heteroatoms. The molecule has 0 saturated heterocycles. The van der Waals surface area contributed by atoms with Crippen molar-refractivity contribution in [3.05, 3.63) is 0 Å². The van der Waals surface area contributed by atoms with Gasteiger partial charge in [0.25, 0.3) is 0 Å². The lowest BCUT2D eigenvalue weighted by molar-refractivity contribution is 0.0567. The summed E-state index contributed by atoms with van der Waals surface area (Å²) in [6, 6.07) is 0.315. The Labute approximate surface area is 76.5 Å². The van der Waals surface area contributed by atoms with Gasteiger partial charge in [0.1, 0.15) is 0 Å². The minimum absolute atomic E-state index is 0.315. The summed E-state index contributed by atoms with van der Waals surface area (Å²) in [6.45, 7) is 7.22. The van der Waals surface area contributed by atoms with Crippen LogP contribution >= 0.6 is 0 Å². The van der Waals surface area contributed by atoms with Gasteiger partial charge in [-0.3, -0.25) is 0 Å². The summed E-state index contributed by atoms with van der Waals surface area (Å²) in [5, 5.41) is 0. The zero-order valence-electron chi connectivity index (χ0n) is 8.68. The van der Waals surface area contributed by atoms with Crippen molar-refractivity contribution in [3.8, 4) is 0 Å². The molecule has 0 aromatic heterocycles. The molecule has 2 nitrogen and oxygen atoms in total. The molecule has 0 rings (SSSR count). The minimum atomic E-state index is 0.315. The highest BCUT2D eigenvalue weighted by molar-refractivity contribution is 4.53. The SMILES string of the molecule is CCCC(C)OCCCC(C)N. The van der Waals surface area contributed by atoms with Crippen LogP contribution in [0.15, 0.2) is 0 Å². The number of hydrogen-bond donors (Lipinski definition) is 1. The van der Waals surface area contributed by atoms with Crippen LogP contribution in [0.2, 0.25) is 0 Å². The smallest absolute Gasteiger partial charge is 0.0546 e. The number of ether oxygens (including phenoxy) is 1. The first kappa shape index (κ1) is 11.9. The summed E-state index contributed by atoms with van der Waals surface area (Å²) in [7, 11) is 0. The fourth-order valence-electron chi connectivity index (χ4n) is 1.18. The van der Waals surface area contributed by atoms with Crippen molar-refractivity contribution in [2.45, 2.75) is 58.6 Å². The van der Waals surface area contributed by atoms with E-state index in [1.165, 1.54) is 6.42 Å². The first-order chi connectivity index (χ1) is 5.66. The average Bonchev–Trinajstić information content (AvgIpc) is 1.98. The Morgan fingerprint density at radius 3 is 2.42 bits per heavy atom. The maximum Gasteiger partial charge on any atom is 0.0546 e. The van der Waals surface area contributed by atoms with Gasteiger partial charge >= 0.3 is 0 Å². The molecule has 0 aromatic rings. The van der Waals surface area contributed by atoms with Crippen molar-refractivity contribution < 1.29 is 4.74 Å². The van der Waals surface area contributed by atoms with E-state index in [1.54, 1.807) is 0 Å². The summed E-state index contributed by atoms with van der Waals surface area (Å²) < 4.78 is 5.58. The zero-order chi connectivity index (χ0) is 9.40. The highest BCUT2D eigenvalue weighted by atomic mass is 16.5. The lowest BCUT2D eigenvalue weighted by Gasteiger charge is -2.12. The Morgan fingerprint density at radius 1 is 1.25 bits per heavy atom. The topological polar surface area (TPSA) is 35.2 Å². The molecule has 0 spiro atoms. The fourth-order valence-corrected chi connectivity index (χ4v) is 1.18. The van der Waals surface area contributed by atoms with Crippen molar-refractivity contribution >= 4 is 0 Å². The molecule has 0 aromatic carbocycles. The molecule has 0 saturated carbocycles. The van der Waals surface area contributed by atoms with E-state index in [4.69, 9.17) is 10.5 Å². The Hall–Kier alpha value is -0.0800. The standard InChI is InChI=1S/C10H23NO/c1-4-6-10(3)12-8-5-7-9(2)11/h9-10H,4-8,11H2,1-3H3. The van der Waals surface area contributed by atoms with Crippen LogP contribution in [0.1, 0.15) is 46.5 Å². The van der Waals surface area contributed by atoms with Crippen LogP contribution in [0.4, 0.5) is 0 Å². The van der Waals surface area contributed by atoms with E-state index in [1.807, 2.05) is 6.92 Å². The third-order valence-electron chi connectivity index (χ3n) is 1.90. The summed E-state index contributed by atoms with van der Waals surface area (Å²) in [6.07, 6.45) is 4.94. The lowest BCUT2D eigenvalue weighted by atomic mass is 10.2. The van der Waals surface area contributed by atoms with Crippen LogP contribution in [0.3, 0.4) is 0 Å². The van der Waals surface area contributed by atoms with E-state index in [-0.39, 0.29) is 0 Å². The van der Waals surface area contributed by atoms with Crippen LogP contribution in [-0.2, 0) is 4.74 Å². The van der Waals surface area contributed by atoms with Crippen molar-refractivity contribution in [2.24, 2.45) is 5.73 Å². The average molecular weight is 173 g/mol. The van der Waals surface area contributed by atoms with Gasteiger partial charge in [-0.05, 0) is 33.1 Å². The second-order valence-corrected chi connectivity index (χ2v) is 3.59. The van der Waals surface area contributed by atoms with Gasteiger partial charge in [-0.15, -0.1) is 0 Å². The van der Waals surface area contributed by atoms with Crippen LogP contribution in [0, 0.1) is 0 Å². The van der Waals surface area contributed by atoms with Crippen molar-refractivity contribution in [2.75, 3.05) is 6.61 Å². The molecule has 0 amide bonds. The van der Waals surface area contributed by atoms with Crippen LogP contribution < -0.4 is 5.73 Å². The number of nitrogens with two attached hydrogens (primary N) is 1. The van der Waals surface area contributed by atoms with Crippen molar-refractivity contribution in [3.63, 3.8) is 0 Å². The summed E-state index contributed by atoms with van der Waals surface area (Å²) in [5.41, 5.74) is 5.61. The molecule has 0 bridgehead atoms. The molecule has 2 atom stereocenters. The Morgan fingerprint density at radius 2 is 1.92 bits per heavy atom. The highest BCUT2D eigenvalue weighted by Crippen LogP contribution is 2.02.